The first kappa shape index (κ1) is 19.3. The largest absolute Gasteiger partial charge is 0.350 e. The summed E-state index contributed by atoms with van der Waals surface area (Å²) in [4.78, 5) is 32.4. The molecule has 156 valence electrons. The third kappa shape index (κ3) is 3.89. The van der Waals surface area contributed by atoms with Crippen molar-refractivity contribution in [1.29, 1.82) is 0 Å². The maximum Gasteiger partial charge on any atom is 0.254 e. The molecule has 0 bridgehead atoms. The standard InChI is InChI=1S/C25H24N4O2/c30-24(26-15-20-17-28-13-4-3-12-23(28)27-20)19-9-6-14-29(16-19)25(31)22-11-5-8-18-7-1-2-10-21(18)22/h1-5,7-8,10-13,17,19H,6,9,14-16H2,(H,26,30). The Labute approximate surface area is 180 Å². The fraction of sp³-hybridized carbons (Fsp3) is 0.240. The lowest BCUT2D eigenvalue weighted by Crippen LogP contribution is -2.45. The smallest absolute Gasteiger partial charge is 0.254 e. The van der Waals surface area contributed by atoms with Gasteiger partial charge in [0.25, 0.3) is 5.91 Å². The average Bonchev–Trinajstić information content (AvgIpc) is 3.25. The summed E-state index contributed by atoms with van der Waals surface area (Å²) in [5, 5.41) is 5.01. The van der Waals surface area contributed by atoms with Crippen molar-refractivity contribution in [3.05, 3.63) is 84.3 Å². The van der Waals surface area contributed by atoms with Crippen LogP contribution in [0.4, 0.5) is 0 Å². The van der Waals surface area contributed by atoms with E-state index in [1.54, 1.807) is 0 Å². The third-order valence-corrected chi connectivity index (χ3v) is 5.96. The molecule has 5 rings (SSSR count). The van der Waals surface area contributed by atoms with Gasteiger partial charge in [0.1, 0.15) is 5.65 Å². The van der Waals surface area contributed by atoms with E-state index in [1.807, 2.05) is 82.4 Å². The highest BCUT2D eigenvalue weighted by Crippen LogP contribution is 2.23. The quantitative estimate of drug-likeness (QED) is 0.556. The van der Waals surface area contributed by atoms with Crippen molar-refractivity contribution in [1.82, 2.24) is 19.6 Å². The number of imidazole rings is 1. The Morgan fingerprint density at radius 2 is 1.87 bits per heavy atom. The van der Waals surface area contributed by atoms with E-state index in [2.05, 4.69) is 10.3 Å². The summed E-state index contributed by atoms with van der Waals surface area (Å²) >= 11 is 0. The molecule has 2 amide bonds. The van der Waals surface area contributed by atoms with Gasteiger partial charge in [-0.2, -0.15) is 0 Å². The number of hydrogen-bond donors (Lipinski definition) is 1. The predicted molar refractivity (Wildman–Crippen MR) is 120 cm³/mol. The zero-order valence-electron chi connectivity index (χ0n) is 17.2. The number of amides is 2. The van der Waals surface area contributed by atoms with Gasteiger partial charge in [0.05, 0.1) is 18.2 Å². The number of nitrogens with zero attached hydrogens (tertiary/aromatic N) is 3. The molecule has 1 fully saturated rings. The molecule has 31 heavy (non-hydrogen) atoms. The van der Waals surface area contributed by atoms with Gasteiger partial charge in [-0.05, 0) is 41.8 Å². The third-order valence-electron chi connectivity index (χ3n) is 5.96. The summed E-state index contributed by atoms with van der Waals surface area (Å²) in [6.45, 7) is 1.51. The van der Waals surface area contributed by atoms with E-state index in [0.717, 1.165) is 35.0 Å². The summed E-state index contributed by atoms with van der Waals surface area (Å²) < 4.78 is 1.94. The molecule has 0 saturated carbocycles. The molecule has 1 unspecified atom stereocenters. The number of rotatable bonds is 4. The normalized spacial score (nSPS) is 16.5. The highest BCUT2D eigenvalue weighted by Gasteiger charge is 2.29. The van der Waals surface area contributed by atoms with E-state index in [9.17, 15) is 9.59 Å². The molecule has 1 atom stereocenters. The highest BCUT2D eigenvalue weighted by atomic mass is 16.2. The van der Waals surface area contributed by atoms with Crippen LogP contribution in [0.25, 0.3) is 16.4 Å². The van der Waals surface area contributed by atoms with E-state index in [4.69, 9.17) is 0 Å². The second-order valence-corrected chi connectivity index (χ2v) is 8.03. The molecule has 0 aliphatic carbocycles. The molecule has 4 aromatic rings. The molecule has 6 nitrogen and oxygen atoms in total. The Hall–Kier alpha value is -3.67. The first-order valence-electron chi connectivity index (χ1n) is 10.7. The Kier molecular flexibility index (Phi) is 5.12. The van der Waals surface area contributed by atoms with Crippen molar-refractivity contribution in [2.75, 3.05) is 13.1 Å². The minimum Gasteiger partial charge on any atom is -0.350 e. The van der Waals surface area contributed by atoms with Gasteiger partial charge in [-0.25, -0.2) is 4.98 Å². The predicted octanol–water partition coefficient (Wildman–Crippen LogP) is 3.66. The molecule has 1 saturated heterocycles. The van der Waals surface area contributed by atoms with Crippen molar-refractivity contribution < 1.29 is 9.59 Å². The van der Waals surface area contributed by atoms with Crippen LogP contribution in [0.1, 0.15) is 28.9 Å². The molecule has 1 aliphatic heterocycles. The summed E-state index contributed by atoms with van der Waals surface area (Å²) in [6.07, 6.45) is 5.47. The Bertz CT molecular complexity index is 1220. The highest BCUT2D eigenvalue weighted by molar-refractivity contribution is 6.07. The second kappa shape index (κ2) is 8.22. The topological polar surface area (TPSA) is 66.7 Å². The molecule has 1 aliphatic rings. The van der Waals surface area contributed by atoms with E-state index in [0.29, 0.717) is 25.2 Å². The van der Waals surface area contributed by atoms with Gasteiger partial charge in [-0.1, -0.05) is 42.5 Å². The number of carbonyl (C=O) groups excluding carboxylic acids is 2. The molecular weight excluding hydrogens is 388 g/mol. The molecule has 0 radical (unpaired) electrons. The summed E-state index contributed by atoms with van der Waals surface area (Å²) in [6, 6.07) is 19.5. The van der Waals surface area contributed by atoms with E-state index >= 15 is 0 Å². The van der Waals surface area contributed by atoms with Crippen LogP contribution in [0.5, 0.6) is 0 Å². The SMILES string of the molecule is O=C(NCc1cn2ccccc2n1)C1CCCN(C(=O)c2cccc3ccccc23)C1. The summed E-state index contributed by atoms with van der Waals surface area (Å²) in [7, 11) is 0. The number of likely N-dealkylation sites (tertiary alicyclic amines) is 1. The molecular formula is C25H24N4O2. The number of fused-ring (bicyclic) bond motifs is 2. The number of nitrogens with one attached hydrogen (secondary N) is 1. The number of hydrogen-bond acceptors (Lipinski definition) is 3. The lowest BCUT2D eigenvalue weighted by atomic mass is 9.95. The summed E-state index contributed by atoms with van der Waals surface area (Å²) in [5.41, 5.74) is 2.37. The van der Waals surface area contributed by atoms with Crippen LogP contribution in [0.2, 0.25) is 0 Å². The van der Waals surface area contributed by atoms with Gasteiger partial charge in [-0.15, -0.1) is 0 Å². The van der Waals surface area contributed by atoms with Crippen LogP contribution in [0, 0.1) is 5.92 Å². The molecule has 1 N–H and O–H groups in total. The molecule has 2 aromatic heterocycles. The first-order valence-corrected chi connectivity index (χ1v) is 10.7. The fourth-order valence-corrected chi connectivity index (χ4v) is 4.35. The lowest BCUT2D eigenvalue weighted by Gasteiger charge is -2.32. The minimum absolute atomic E-state index is 0.00495. The van der Waals surface area contributed by atoms with Gasteiger partial charge in [0, 0.05) is 31.0 Å². The van der Waals surface area contributed by atoms with Gasteiger partial charge in [0.2, 0.25) is 5.91 Å². The van der Waals surface area contributed by atoms with Crippen LogP contribution in [0.3, 0.4) is 0 Å². The van der Waals surface area contributed by atoms with Crippen LogP contribution in [0.15, 0.2) is 73.1 Å². The molecule has 0 spiro atoms. The van der Waals surface area contributed by atoms with Crippen molar-refractivity contribution in [3.63, 3.8) is 0 Å². The monoisotopic (exact) mass is 412 g/mol. The Morgan fingerprint density at radius 3 is 2.77 bits per heavy atom. The van der Waals surface area contributed by atoms with Gasteiger partial charge >= 0.3 is 0 Å². The number of piperidine rings is 1. The number of aromatic nitrogens is 2. The van der Waals surface area contributed by atoms with Crippen molar-refractivity contribution in [2.45, 2.75) is 19.4 Å². The maximum absolute atomic E-state index is 13.2. The van der Waals surface area contributed by atoms with Crippen LogP contribution < -0.4 is 5.32 Å². The van der Waals surface area contributed by atoms with Crippen molar-refractivity contribution in [2.24, 2.45) is 5.92 Å². The average molecular weight is 412 g/mol. The summed E-state index contributed by atoms with van der Waals surface area (Å²) in [5.74, 6) is -0.230. The van der Waals surface area contributed by atoms with Crippen molar-refractivity contribution in [3.8, 4) is 0 Å². The van der Waals surface area contributed by atoms with Crippen LogP contribution in [-0.2, 0) is 11.3 Å². The Morgan fingerprint density at radius 1 is 1.03 bits per heavy atom. The molecule has 6 heteroatoms. The van der Waals surface area contributed by atoms with Crippen LogP contribution in [-0.4, -0.2) is 39.2 Å². The van der Waals surface area contributed by atoms with Crippen LogP contribution >= 0.6 is 0 Å². The molecule has 3 heterocycles. The number of benzene rings is 2. The van der Waals surface area contributed by atoms with E-state index < -0.39 is 0 Å². The fourth-order valence-electron chi connectivity index (χ4n) is 4.35. The maximum atomic E-state index is 13.2. The number of carbonyl (C=O) groups is 2. The zero-order valence-corrected chi connectivity index (χ0v) is 17.2. The number of pyridine rings is 1. The first-order chi connectivity index (χ1) is 15.2. The second-order valence-electron chi connectivity index (χ2n) is 8.03. The minimum atomic E-state index is -0.204. The van der Waals surface area contributed by atoms with Gasteiger partial charge < -0.3 is 14.6 Å². The van der Waals surface area contributed by atoms with E-state index in [1.165, 1.54) is 0 Å². The Balaban J connectivity index is 1.26. The van der Waals surface area contributed by atoms with Gasteiger partial charge in [-0.3, -0.25) is 9.59 Å². The van der Waals surface area contributed by atoms with E-state index in [-0.39, 0.29) is 17.7 Å². The zero-order chi connectivity index (χ0) is 21.2. The lowest BCUT2D eigenvalue weighted by molar-refractivity contribution is -0.126. The molecule has 2 aromatic carbocycles. The van der Waals surface area contributed by atoms with Crippen molar-refractivity contribution >= 4 is 28.2 Å². The van der Waals surface area contributed by atoms with Gasteiger partial charge in [0.15, 0.2) is 0 Å².